The number of halogens is 3. The van der Waals surface area contributed by atoms with Gasteiger partial charge in [-0.2, -0.15) is 8.78 Å². The van der Waals surface area contributed by atoms with Gasteiger partial charge in [-0.3, -0.25) is 0 Å². The number of nitrogens with one attached hydrogen (secondary N) is 1. The maximum Gasteiger partial charge on any atom is 0.298 e. The van der Waals surface area contributed by atoms with Crippen molar-refractivity contribution in [2.45, 2.75) is 44.4 Å². The van der Waals surface area contributed by atoms with E-state index in [1.165, 1.54) is 12.1 Å². The lowest BCUT2D eigenvalue weighted by atomic mass is 10.0. The monoisotopic (exact) mass is 323 g/mol. The molecule has 1 rings (SSSR count). The van der Waals surface area contributed by atoms with Gasteiger partial charge in [0.05, 0.1) is 11.6 Å². The Morgan fingerprint density at radius 2 is 1.90 bits per heavy atom. The highest BCUT2D eigenvalue weighted by Crippen LogP contribution is 2.32. The van der Waals surface area contributed by atoms with E-state index in [4.69, 9.17) is 5.11 Å². The summed E-state index contributed by atoms with van der Waals surface area (Å²) in [5.41, 5.74) is -0.879. The molecule has 0 unspecified atom stereocenters. The molecule has 120 valence electrons. The third-order valence-electron chi connectivity index (χ3n) is 2.93. The van der Waals surface area contributed by atoms with Crippen LogP contribution in [-0.2, 0) is 17.3 Å². The van der Waals surface area contributed by atoms with E-state index in [0.29, 0.717) is 0 Å². The predicted octanol–water partition coefficient (Wildman–Crippen LogP) is 3.02. The summed E-state index contributed by atoms with van der Waals surface area (Å²) in [4.78, 5) is 0. The van der Waals surface area contributed by atoms with Gasteiger partial charge < -0.3 is 9.66 Å². The minimum Gasteiger partial charge on any atom is -0.598 e. The normalized spacial score (nSPS) is 15.9. The van der Waals surface area contributed by atoms with E-state index in [0.717, 1.165) is 6.07 Å². The summed E-state index contributed by atoms with van der Waals surface area (Å²) in [6, 6.07) is 2.86. The molecule has 0 radical (unpaired) electrons. The Labute approximate surface area is 125 Å². The Balaban J connectivity index is 3.07. The maximum atomic E-state index is 14.2. The fourth-order valence-electron chi connectivity index (χ4n) is 1.65. The molecule has 0 aliphatic rings. The molecule has 2 atom stereocenters. The summed E-state index contributed by atoms with van der Waals surface area (Å²) in [5, 5.41) is 8.67. The van der Waals surface area contributed by atoms with E-state index in [2.05, 4.69) is 4.72 Å². The molecule has 0 aliphatic heterocycles. The highest BCUT2D eigenvalue weighted by molar-refractivity contribution is 7.90. The van der Waals surface area contributed by atoms with Gasteiger partial charge in [-0.15, -0.1) is 4.72 Å². The number of benzene rings is 1. The molecule has 0 fully saturated rings. The standard InChI is InChI=1S/C14H20F3NO2S/c1-9(18-21(20)13(2,3)4)10-6-5-7-11(12(10)15)14(16,17)8-19/h5-7,9,18-19H,8H2,1-4H3/t9-,21-/m1/s1. The number of aliphatic hydroxyl groups is 1. The quantitative estimate of drug-likeness (QED) is 0.819. The Hall–Kier alpha value is -0.760. The summed E-state index contributed by atoms with van der Waals surface area (Å²) in [6.07, 6.45) is 0. The van der Waals surface area contributed by atoms with Crippen LogP contribution in [0, 0.1) is 5.82 Å². The van der Waals surface area contributed by atoms with Crippen molar-refractivity contribution in [3.63, 3.8) is 0 Å². The molecule has 1 aromatic rings. The van der Waals surface area contributed by atoms with Crippen LogP contribution >= 0.6 is 0 Å². The molecule has 1 aromatic carbocycles. The molecule has 0 spiro atoms. The van der Waals surface area contributed by atoms with Crippen LogP contribution in [0.15, 0.2) is 18.2 Å². The van der Waals surface area contributed by atoms with Crippen LogP contribution in [0.2, 0.25) is 0 Å². The summed E-state index contributed by atoms with van der Waals surface area (Å²) in [6.45, 7) is 5.31. The lowest BCUT2D eigenvalue weighted by Gasteiger charge is -2.27. The zero-order chi connectivity index (χ0) is 16.4. The van der Waals surface area contributed by atoms with Crippen molar-refractivity contribution in [1.82, 2.24) is 4.72 Å². The van der Waals surface area contributed by atoms with Crippen LogP contribution in [0.1, 0.15) is 44.9 Å². The fourth-order valence-corrected chi connectivity index (χ4v) is 2.45. The summed E-state index contributed by atoms with van der Waals surface area (Å²) >= 11 is -1.46. The van der Waals surface area contributed by atoms with Gasteiger partial charge in [-0.1, -0.05) is 12.1 Å². The van der Waals surface area contributed by atoms with Crippen LogP contribution in [0.5, 0.6) is 0 Å². The maximum absolute atomic E-state index is 14.2. The summed E-state index contributed by atoms with van der Waals surface area (Å²) < 4.78 is 55.3. The zero-order valence-electron chi connectivity index (χ0n) is 12.4. The van der Waals surface area contributed by atoms with Crippen LogP contribution in [-0.4, -0.2) is 21.0 Å². The van der Waals surface area contributed by atoms with Crippen molar-refractivity contribution in [2.75, 3.05) is 6.61 Å². The van der Waals surface area contributed by atoms with Crippen molar-refractivity contribution in [3.05, 3.63) is 35.1 Å². The molecular weight excluding hydrogens is 303 g/mol. The van der Waals surface area contributed by atoms with Crippen molar-refractivity contribution in [1.29, 1.82) is 0 Å². The second kappa shape index (κ2) is 6.56. The molecular formula is C14H20F3NO2S. The smallest absolute Gasteiger partial charge is 0.298 e. The molecule has 0 saturated heterocycles. The number of alkyl halides is 2. The lowest BCUT2D eigenvalue weighted by molar-refractivity contribution is -0.0584. The van der Waals surface area contributed by atoms with Gasteiger partial charge >= 0.3 is 0 Å². The van der Waals surface area contributed by atoms with Gasteiger partial charge in [0, 0.05) is 16.9 Å². The van der Waals surface area contributed by atoms with E-state index >= 15 is 0 Å². The van der Waals surface area contributed by atoms with E-state index in [1.807, 2.05) is 0 Å². The second-order valence-corrected chi connectivity index (χ2v) is 7.79. The first-order chi connectivity index (χ1) is 9.50. The third kappa shape index (κ3) is 4.35. The van der Waals surface area contributed by atoms with Crippen LogP contribution in [0.4, 0.5) is 13.2 Å². The first-order valence-corrected chi connectivity index (χ1v) is 7.61. The first-order valence-electron chi connectivity index (χ1n) is 6.46. The molecule has 7 heteroatoms. The van der Waals surface area contributed by atoms with Crippen molar-refractivity contribution in [3.8, 4) is 0 Å². The molecule has 3 nitrogen and oxygen atoms in total. The van der Waals surface area contributed by atoms with Gasteiger partial charge in [0.25, 0.3) is 5.92 Å². The van der Waals surface area contributed by atoms with E-state index in [9.17, 15) is 17.7 Å². The average molecular weight is 323 g/mol. The summed E-state index contributed by atoms with van der Waals surface area (Å²) in [7, 11) is 0. The topological polar surface area (TPSA) is 55.3 Å². The Morgan fingerprint density at radius 1 is 1.33 bits per heavy atom. The number of aliphatic hydroxyl groups excluding tert-OH is 1. The molecule has 0 aromatic heterocycles. The Bertz CT molecular complexity index is 492. The van der Waals surface area contributed by atoms with Crippen LogP contribution < -0.4 is 4.72 Å². The van der Waals surface area contributed by atoms with Crippen molar-refractivity contribution >= 4 is 11.4 Å². The lowest BCUT2D eigenvalue weighted by Crippen LogP contribution is -2.40. The third-order valence-corrected chi connectivity index (χ3v) is 4.61. The number of hydrogen-bond acceptors (Lipinski definition) is 3. The minimum atomic E-state index is -3.65. The van der Waals surface area contributed by atoms with Crippen LogP contribution in [0.25, 0.3) is 0 Å². The molecule has 0 amide bonds. The van der Waals surface area contributed by atoms with Crippen molar-refractivity contribution < 1.29 is 22.8 Å². The van der Waals surface area contributed by atoms with E-state index < -0.39 is 46.1 Å². The van der Waals surface area contributed by atoms with E-state index in [-0.39, 0.29) is 5.56 Å². The molecule has 0 aliphatic carbocycles. The minimum absolute atomic E-state index is 0.0155. The average Bonchev–Trinajstić information content (AvgIpc) is 2.37. The molecule has 2 N–H and O–H groups in total. The number of rotatable bonds is 5. The van der Waals surface area contributed by atoms with Gasteiger partial charge in [0.15, 0.2) is 0 Å². The van der Waals surface area contributed by atoms with Gasteiger partial charge in [0.1, 0.15) is 17.2 Å². The first kappa shape index (κ1) is 18.3. The molecule has 0 saturated carbocycles. The molecule has 0 heterocycles. The van der Waals surface area contributed by atoms with Crippen LogP contribution in [0.3, 0.4) is 0 Å². The SMILES string of the molecule is C[C@@H](N[S@+]([O-])C(C)(C)C)c1cccc(C(F)(F)CO)c1F. The highest BCUT2D eigenvalue weighted by atomic mass is 32.2. The summed E-state index contributed by atoms with van der Waals surface area (Å²) in [5.74, 6) is -4.74. The second-order valence-electron chi connectivity index (χ2n) is 5.79. The van der Waals surface area contributed by atoms with Gasteiger partial charge in [-0.05, 0) is 33.8 Å². The molecule has 0 bridgehead atoms. The fraction of sp³-hybridized carbons (Fsp3) is 0.571. The highest BCUT2D eigenvalue weighted by Gasteiger charge is 2.36. The van der Waals surface area contributed by atoms with Gasteiger partial charge in [0.2, 0.25) is 0 Å². The zero-order valence-corrected chi connectivity index (χ0v) is 13.2. The largest absolute Gasteiger partial charge is 0.598 e. The number of hydrogen-bond donors (Lipinski definition) is 2. The Kier molecular flexibility index (Phi) is 5.71. The predicted molar refractivity (Wildman–Crippen MR) is 76.8 cm³/mol. The Morgan fingerprint density at radius 3 is 2.38 bits per heavy atom. The van der Waals surface area contributed by atoms with Gasteiger partial charge in [-0.25, -0.2) is 4.39 Å². The van der Waals surface area contributed by atoms with E-state index in [1.54, 1.807) is 27.7 Å². The molecule has 21 heavy (non-hydrogen) atoms. The van der Waals surface area contributed by atoms with Crippen molar-refractivity contribution in [2.24, 2.45) is 0 Å².